The van der Waals surface area contributed by atoms with Crippen LogP contribution < -0.4 is 5.73 Å². The van der Waals surface area contributed by atoms with Gasteiger partial charge >= 0.3 is 0 Å². The predicted molar refractivity (Wildman–Crippen MR) is 80.9 cm³/mol. The fourth-order valence-corrected chi connectivity index (χ4v) is 2.08. The van der Waals surface area contributed by atoms with Gasteiger partial charge < -0.3 is 10.6 Å². The van der Waals surface area contributed by atoms with E-state index in [9.17, 15) is 9.18 Å². The molecule has 0 spiro atoms. The van der Waals surface area contributed by atoms with Gasteiger partial charge in [0.15, 0.2) is 0 Å². The van der Waals surface area contributed by atoms with Crippen LogP contribution in [0.5, 0.6) is 0 Å². The van der Waals surface area contributed by atoms with Gasteiger partial charge in [-0.25, -0.2) is 4.39 Å². The van der Waals surface area contributed by atoms with Gasteiger partial charge in [0.25, 0.3) is 0 Å². The number of likely N-dealkylation sites (N-methyl/N-ethyl adjacent to an activating group) is 1. The van der Waals surface area contributed by atoms with Crippen molar-refractivity contribution < 1.29 is 9.18 Å². The summed E-state index contributed by atoms with van der Waals surface area (Å²) < 4.78 is 13.5. The number of amides is 1. The van der Waals surface area contributed by atoms with Crippen molar-refractivity contribution in [3.05, 3.63) is 71.0 Å². The first kappa shape index (κ1) is 15.2. The fourth-order valence-electron chi connectivity index (χ4n) is 2.08. The molecule has 0 aliphatic carbocycles. The summed E-state index contributed by atoms with van der Waals surface area (Å²) in [6.45, 7) is 1.00. The van der Waals surface area contributed by atoms with Crippen LogP contribution in [0.4, 0.5) is 4.39 Å². The first-order valence-corrected chi connectivity index (χ1v) is 6.85. The molecule has 0 unspecified atom stereocenters. The lowest BCUT2D eigenvalue weighted by Gasteiger charge is -2.17. The van der Waals surface area contributed by atoms with E-state index in [1.54, 1.807) is 30.1 Å². The summed E-state index contributed by atoms with van der Waals surface area (Å²) >= 11 is 0. The lowest BCUT2D eigenvalue weighted by molar-refractivity contribution is -0.129. The van der Waals surface area contributed by atoms with Gasteiger partial charge in [-0.15, -0.1) is 0 Å². The van der Waals surface area contributed by atoms with Crippen LogP contribution in [0.3, 0.4) is 0 Å². The van der Waals surface area contributed by atoms with Crippen molar-refractivity contribution in [2.45, 2.75) is 19.5 Å². The molecule has 0 aliphatic rings. The minimum absolute atomic E-state index is 0.0735. The highest BCUT2D eigenvalue weighted by molar-refractivity contribution is 5.78. The zero-order valence-corrected chi connectivity index (χ0v) is 12.1. The molecule has 0 heterocycles. The van der Waals surface area contributed by atoms with Crippen LogP contribution in [0.25, 0.3) is 0 Å². The Kier molecular flexibility index (Phi) is 5.06. The monoisotopic (exact) mass is 286 g/mol. The van der Waals surface area contributed by atoms with Gasteiger partial charge in [-0.05, 0) is 22.8 Å². The molecular formula is C17H19FN2O. The number of nitrogens with zero attached hydrogens (tertiary/aromatic N) is 1. The van der Waals surface area contributed by atoms with Crippen LogP contribution in [-0.2, 0) is 24.3 Å². The molecule has 0 radical (unpaired) electrons. The second-order valence-electron chi connectivity index (χ2n) is 5.04. The third kappa shape index (κ3) is 4.13. The maximum absolute atomic E-state index is 13.5. The molecule has 2 aromatic carbocycles. The zero-order valence-electron chi connectivity index (χ0n) is 12.1. The minimum Gasteiger partial charge on any atom is -0.341 e. The van der Waals surface area contributed by atoms with E-state index in [4.69, 9.17) is 5.73 Å². The SMILES string of the molecule is CN(Cc1ccc(CN)cc1)C(=O)Cc1ccccc1F. The predicted octanol–water partition coefficient (Wildman–Crippen LogP) is 2.49. The number of halogens is 1. The Balaban J connectivity index is 1.97. The Hall–Kier alpha value is -2.20. The maximum atomic E-state index is 13.5. The number of carbonyl (C=O) groups is 1. The molecule has 110 valence electrons. The average Bonchev–Trinajstić information content (AvgIpc) is 2.50. The average molecular weight is 286 g/mol. The first-order chi connectivity index (χ1) is 10.1. The summed E-state index contributed by atoms with van der Waals surface area (Å²) in [5, 5.41) is 0. The summed E-state index contributed by atoms with van der Waals surface area (Å²) in [6.07, 6.45) is 0.0735. The molecule has 0 atom stereocenters. The molecule has 3 nitrogen and oxygen atoms in total. The van der Waals surface area contributed by atoms with Crippen molar-refractivity contribution in [2.75, 3.05) is 7.05 Å². The topological polar surface area (TPSA) is 46.3 Å². The maximum Gasteiger partial charge on any atom is 0.227 e. The molecule has 2 rings (SSSR count). The Morgan fingerprint density at radius 2 is 1.71 bits per heavy atom. The van der Waals surface area contributed by atoms with Gasteiger partial charge in [-0.1, -0.05) is 42.5 Å². The van der Waals surface area contributed by atoms with E-state index in [1.165, 1.54) is 6.07 Å². The molecular weight excluding hydrogens is 267 g/mol. The van der Waals surface area contributed by atoms with Crippen molar-refractivity contribution in [1.29, 1.82) is 0 Å². The highest BCUT2D eigenvalue weighted by atomic mass is 19.1. The quantitative estimate of drug-likeness (QED) is 0.918. The van der Waals surface area contributed by atoms with Crippen molar-refractivity contribution in [3.63, 3.8) is 0 Å². The summed E-state index contributed by atoms with van der Waals surface area (Å²) in [5.41, 5.74) is 8.05. The van der Waals surface area contributed by atoms with Gasteiger partial charge in [-0.2, -0.15) is 0 Å². The van der Waals surface area contributed by atoms with E-state index >= 15 is 0 Å². The molecule has 21 heavy (non-hydrogen) atoms. The van der Waals surface area contributed by atoms with Crippen LogP contribution in [0, 0.1) is 5.82 Å². The van der Waals surface area contributed by atoms with Crippen LogP contribution in [0.1, 0.15) is 16.7 Å². The van der Waals surface area contributed by atoms with Crippen LogP contribution in [0.15, 0.2) is 48.5 Å². The van der Waals surface area contributed by atoms with E-state index in [-0.39, 0.29) is 18.1 Å². The third-order valence-corrected chi connectivity index (χ3v) is 3.40. The molecule has 0 aromatic heterocycles. The minimum atomic E-state index is -0.341. The van der Waals surface area contributed by atoms with Crippen molar-refractivity contribution in [3.8, 4) is 0 Å². The number of nitrogens with two attached hydrogens (primary N) is 1. The van der Waals surface area contributed by atoms with Gasteiger partial charge in [0, 0.05) is 20.1 Å². The van der Waals surface area contributed by atoms with Gasteiger partial charge in [0.2, 0.25) is 5.91 Å². The molecule has 1 amide bonds. The number of carbonyl (C=O) groups excluding carboxylic acids is 1. The second kappa shape index (κ2) is 6.99. The normalized spacial score (nSPS) is 10.4. The van der Waals surface area contributed by atoms with E-state index < -0.39 is 0 Å². The Labute approximate surface area is 124 Å². The van der Waals surface area contributed by atoms with Crippen molar-refractivity contribution in [2.24, 2.45) is 5.73 Å². The molecule has 2 aromatic rings. The standard InChI is InChI=1S/C17H19FN2O/c1-20(12-14-8-6-13(11-19)7-9-14)17(21)10-15-4-2-3-5-16(15)18/h2-9H,10-12,19H2,1H3. The Morgan fingerprint density at radius 3 is 2.33 bits per heavy atom. The fraction of sp³-hybridized carbons (Fsp3) is 0.235. The summed E-state index contributed by atoms with van der Waals surface area (Å²) in [7, 11) is 1.72. The van der Waals surface area contributed by atoms with Crippen molar-refractivity contribution >= 4 is 5.91 Å². The van der Waals surface area contributed by atoms with Gasteiger partial charge in [0.05, 0.1) is 6.42 Å². The highest BCUT2D eigenvalue weighted by Crippen LogP contribution is 2.11. The number of benzene rings is 2. The molecule has 4 heteroatoms. The lowest BCUT2D eigenvalue weighted by Crippen LogP contribution is -2.28. The third-order valence-electron chi connectivity index (χ3n) is 3.40. The largest absolute Gasteiger partial charge is 0.341 e. The van der Waals surface area contributed by atoms with E-state index in [2.05, 4.69) is 0 Å². The highest BCUT2D eigenvalue weighted by Gasteiger charge is 2.12. The molecule has 0 fully saturated rings. The molecule has 2 N–H and O–H groups in total. The van der Waals surface area contributed by atoms with Gasteiger partial charge in [0.1, 0.15) is 5.82 Å². The smallest absolute Gasteiger partial charge is 0.227 e. The number of hydrogen-bond donors (Lipinski definition) is 1. The van der Waals surface area contributed by atoms with E-state index in [0.717, 1.165) is 11.1 Å². The van der Waals surface area contributed by atoms with Crippen LogP contribution >= 0.6 is 0 Å². The molecule has 0 saturated heterocycles. The summed E-state index contributed by atoms with van der Waals surface area (Å²) in [6, 6.07) is 14.2. The zero-order chi connectivity index (χ0) is 15.2. The second-order valence-corrected chi connectivity index (χ2v) is 5.04. The summed E-state index contributed by atoms with van der Waals surface area (Å²) in [4.78, 5) is 13.7. The first-order valence-electron chi connectivity index (χ1n) is 6.85. The number of rotatable bonds is 5. The van der Waals surface area contributed by atoms with Crippen LogP contribution in [0.2, 0.25) is 0 Å². The lowest BCUT2D eigenvalue weighted by atomic mass is 10.1. The Bertz CT molecular complexity index is 610. The van der Waals surface area contributed by atoms with Crippen molar-refractivity contribution in [1.82, 2.24) is 4.90 Å². The molecule has 0 saturated carbocycles. The molecule has 0 bridgehead atoms. The Morgan fingerprint density at radius 1 is 1.10 bits per heavy atom. The van der Waals surface area contributed by atoms with Gasteiger partial charge in [-0.3, -0.25) is 4.79 Å². The summed E-state index contributed by atoms with van der Waals surface area (Å²) in [5.74, 6) is -0.449. The molecule has 0 aliphatic heterocycles. The number of hydrogen-bond acceptors (Lipinski definition) is 2. The van der Waals surface area contributed by atoms with E-state index in [0.29, 0.717) is 18.7 Å². The van der Waals surface area contributed by atoms with Crippen LogP contribution in [-0.4, -0.2) is 17.9 Å². The van der Waals surface area contributed by atoms with E-state index in [1.807, 2.05) is 24.3 Å².